The zero-order chi connectivity index (χ0) is 14.5. The van der Waals surface area contributed by atoms with Crippen molar-refractivity contribution in [3.05, 3.63) is 66.5 Å². The lowest BCUT2D eigenvalue weighted by Crippen LogP contribution is -2.02. The van der Waals surface area contributed by atoms with E-state index in [2.05, 4.69) is 21.4 Å². The second-order valence-electron chi connectivity index (χ2n) is 4.68. The summed E-state index contributed by atoms with van der Waals surface area (Å²) in [5, 5.41) is 3.40. The molecule has 1 heterocycles. The third-order valence-electron chi connectivity index (χ3n) is 3.31. The van der Waals surface area contributed by atoms with E-state index in [0.717, 1.165) is 28.4 Å². The number of benzene rings is 2. The zero-order valence-corrected chi connectivity index (χ0v) is 11.8. The molecular formula is C17H17N3O. The van der Waals surface area contributed by atoms with Crippen molar-refractivity contribution in [1.29, 1.82) is 0 Å². The lowest BCUT2D eigenvalue weighted by atomic mass is 10.1. The van der Waals surface area contributed by atoms with Gasteiger partial charge in [0.2, 0.25) is 0 Å². The van der Waals surface area contributed by atoms with Crippen LogP contribution in [0, 0.1) is 0 Å². The van der Waals surface area contributed by atoms with Crippen molar-refractivity contribution in [2.45, 2.75) is 6.54 Å². The summed E-state index contributed by atoms with van der Waals surface area (Å²) in [5.41, 5.74) is 3.23. The minimum absolute atomic E-state index is 0.696. The quantitative estimate of drug-likeness (QED) is 0.748. The summed E-state index contributed by atoms with van der Waals surface area (Å²) in [4.78, 5) is 7.40. The molecule has 0 aliphatic rings. The molecule has 0 saturated carbocycles. The van der Waals surface area contributed by atoms with Crippen molar-refractivity contribution in [3.63, 3.8) is 0 Å². The van der Waals surface area contributed by atoms with Crippen LogP contribution in [0.1, 0.15) is 5.56 Å². The fourth-order valence-corrected chi connectivity index (χ4v) is 2.24. The number of nitrogens with one attached hydrogen (secondary N) is 2. The number of methoxy groups -OCH3 is 1. The summed E-state index contributed by atoms with van der Waals surface area (Å²) in [7, 11) is 1.69. The highest BCUT2D eigenvalue weighted by molar-refractivity contribution is 5.59. The van der Waals surface area contributed by atoms with Gasteiger partial charge in [0.15, 0.2) is 0 Å². The van der Waals surface area contributed by atoms with E-state index in [1.54, 1.807) is 13.3 Å². The summed E-state index contributed by atoms with van der Waals surface area (Å²) in [5.74, 6) is 1.73. The second-order valence-corrected chi connectivity index (χ2v) is 4.68. The highest BCUT2D eigenvalue weighted by atomic mass is 16.5. The number of aromatic amines is 1. The van der Waals surface area contributed by atoms with Gasteiger partial charge in [-0.3, -0.25) is 0 Å². The summed E-state index contributed by atoms with van der Waals surface area (Å²) in [6.07, 6.45) is 3.57. The molecule has 0 bridgehead atoms. The predicted molar refractivity (Wildman–Crippen MR) is 84.3 cm³/mol. The van der Waals surface area contributed by atoms with Crippen LogP contribution in [0.3, 0.4) is 0 Å². The Hall–Kier alpha value is -2.75. The van der Waals surface area contributed by atoms with Gasteiger partial charge >= 0.3 is 0 Å². The van der Waals surface area contributed by atoms with Crippen molar-refractivity contribution in [1.82, 2.24) is 9.97 Å². The van der Waals surface area contributed by atoms with Crippen LogP contribution < -0.4 is 10.1 Å². The van der Waals surface area contributed by atoms with Crippen LogP contribution in [0.15, 0.2) is 60.9 Å². The summed E-state index contributed by atoms with van der Waals surface area (Å²) in [6.45, 7) is 0.696. The number of imidazole rings is 1. The van der Waals surface area contributed by atoms with Gasteiger partial charge in [-0.25, -0.2) is 4.98 Å². The Bertz CT molecular complexity index is 693. The minimum Gasteiger partial charge on any atom is -0.496 e. The Kier molecular flexibility index (Phi) is 3.87. The summed E-state index contributed by atoms with van der Waals surface area (Å²) < 4.78 is 5.44. The fourth-order valence-electron chi connectivity index (χ4n) is 2.24. The van der Waals surface area contributed by atoms with E-state index in [9.17, 15) is 0 Å². The van der Waals surface area contributed by atoms with E-state index in [0.29, 0.717) is 6.54 Å². The number of ether oxygens (including phenoxy) is 1. The van der Waals surface area contributed by atoms with Crippen LogP contribution in [-0.4, -0.2) is 17.1 Å². The van der Waals surface area contributed by atoms with Crippen molar-refractivity contribution in [2.75, 3.05) is 12.4 Å². The summed E-state index contributed by atoms with van der Waals surface area (Å²) in [6, 6.07) is 16.2. The van der Waals surface area contributed by atoms with E-state index in [4.69, 9.17) is 4.74 Å². The molecule has 0 aliphatic heterocycles. The largest absolute Gasteiger partial charge is 0.496 e. The molecule has 4 nitrogen and oxygen atoms in total. The van der Waals surface area contributed by atoms with Gasteiger partial charge in [0.25, 0.3) is 0 Å². The van der Waals surface area contributed by atoms with Crippen LogP contribution in [0.2, 0.25) is 0 Å². The van der Waals surface area contributed by atoms with E-state index in [-0.39, 0.29) is 0 Å². The van der Waals surface area contributed by atoms with E-state index >= 15 is 0 Å². The first kappa shape index (κ1) is 13.2. The first-order valence-corrected chi connectivity index (χ1v) is 6.82. The number of H-pyrrole nitrogens is 1. The lowest BCUT2D eigenvalue weighted by molar-refractivity contribution is 0.410. The average molecular weight is 279 g/mol. The van der Waals surface area contributed by atoms with Crippen LogP contribution >= 0.6 is 0 Å². The Morgan fingerprint density at radius 3 is 2.71 bits per heavy atom. The molecule has 3 aromatic rings. The lowest BCUT2D eigenvalue weighted by Gasteiger charge is -2.12. The molecule has 0 aliphatic carbocycles. The second kappa shape index (κ2) is 6.13. The van der Waals surface area contributed by atoms with Crippen LogP contribution in [0.4, 0.5) is 5.69 Å². The highest BCUT2D eigenvalue weighted by Crippen LogP contribution is 2.25. The first-order valence-electron chi connectivity index (χ1n) is 6.82. The Labute approximate surface area is 123 Å². The van der Waals surface area contributed by atoms with Gasteiger partial charge in [0.1, 0.15) is 11.6 Å². The Balaban J connectivity index is 1.84. The molecule has 21 heavy (non-hydrogen) atoms. The maximum absolute atomic E-state index is 5.44. The van der Waals surface area contributed by atoms with Gasteiger partial charge in [0.05, 0.1) is 7.11 Å². The molecule has 0 radical (unpaired) electrons. The predicted octanol–water partition coefficient (Wildman–Crippen LogP) is 3.70. The average Bonchev–Trinajstić information content (AvgIpc) is 3.08. The third-order valence-corrected chi connectivity index (χ3v) is 3.31. The summed E-state index contributed by atoms with van der Waals surface area (Å²) >= 11 is 0. The van der Waals surface area contributed by atoms with Crippen molar-refractivity contribution in [2.24, 2.45) is 0 Å². The molecule has 3 rings (SSSR count). The monoisotopic (exact) mass is 279 g/mol. The molecule has 0 amide bonds. The van der Waals surface area contributed by atoms with Gasteiger partial charge in [-0.1, -0.05) is 18.2 Å². The standard InChI is InChI=1S/C17H17N3O/c1-21-16-8-7-13(17-18-9-10-19-17)11-14(16)12-20-15-5-3-2-4-6-15/h2-11,20H,12H2,1H3,(H,18,19). The Morgan fingerprint density at radius 1 is 1.14 bits per heavy atom. The number of hydrogen-bond acceptors (Lipinski definition) is 3. The zero-order valence-electron chi connectivity index (χ0n) is 11.8. The maximum atomic E-state index is 5.44. The van der Waals surface area contributed by atoms with E-state index in [1.165, 1.54) is 0 Å². The molecule has 2 N–H and O–H groups in total. The molecule has 4 heteroatoms. The molecule has 0 unspecified atom stereocenters. The number of aromatic nitrogens is 2. The molecule has 0 saturated heterocycles. The molecule has 0 fully saturated rings. The molecule has 2 aromatic carbocycles. The molecular weight excluding hydrogens is 262 g/mol. The molecule has 0 atom stereocenters. The molecule has 106 valence electrons. The number of anilines is 1. The third kappa shape index (κ3) is 3.05. The minimum atomic E-state index is 0.696. The highest BCUT2D eigenvalue weighted by Gasteiger charge is 2.07. The topological polar surface area (TPSA) is 49.9 Å². The fraction of sp³-hybridized carbons (Fsp3) is 0.118. The Morgan fingerprint density at radius 2 is 2.00 bits per heavy atom. The maximum Gasteiger partial charge on any atom is 0.137 e. The van der Waals surface area contributed by atoms with Crippen LogP contribution in [0.5, 0.6) is 5.75 Å². The first-order chi connectivity index (χ1) is 10.4. The smallest absolute Gasteiger partial charge is 0.137 e. The van der Waals surface area contributed by atoms with Crippen LogP contribution in [-0.2, 0) is 6.54 Å². The number of rotatable bonds is 5. The van der Waals surface area contributed by atoms with Crippen molar-refractivity contribution < 1.29 is 4.74 Å². The van der Waals surface area contributed by atoms with E-state index in [1.807, 2.05) is 48.7 Å². The SMILES string of the molecule is COc1ccc(-c2ncc[nH]2)cc1CNc1ccccc1. The van der Waals surface area contributed by atoms with Gasteiger partial charge in [0, 0.05) is 35.8 Å². The number of para-hydroxylation sites is 1. The van der Waals surface area contributed by atoms with E-state index < -0.39 is 0 Å². The normalized spacial score (nSPS) is 10.3. The van der Waals surface area contributed by atoms with Gasteiger partial charge in [-0.15, -0.1) is 0 Å². The van der Waals surface area contributed by atoms with Crippen LogP contribution in [0.25, 0.3) is 11.4 Å². The van der Waals surface area contributed by atoms with Gasteiger partial charge in [-0.05, 0) is 30.3 Å². The van der Waals surface area contributed by atoms with Crippen molar-refractivity contribution in [3.8, 4) is 17.1 Å². The number of hydrogen-bond donors (Lipinski definition) is 2. The van der Waals surface area contributed by atoms with Gasteiger partial charge in [-0.2, -0.15) is 0 Å². The van der Waals surface area contributed by atoms with Gasteiger partial charge < -0.3 is 15.0 Å². The number of nitrogens with zero attached hydrogens (tertiary/aromatic N) is 1. The molecule has 0 spiro atoms. The van der Waals surface area contributed by atoms with Crippen molar-refractivity contribution >= 4 is 5.69 Å². The molecule has 1 aromatic heterocycles.